The molecule has 0 bridgehead atoms. The van der Waals surface area contributed by atoms with Crippen molar-refractivity contribution < 1.29 is 4.52 Å². The minimum Gasteiger partial charge on any atom is -0.334 e. The molecule has 0 aliphatic heterocycles. The predicted octanol–water partition coefficient (Wildman–Crippen LogP) is 7.28. The molecule has 0 spiro atoms. The summed E-state index contributed by atoms with van der Waals surface area (Å²) < 4.78 is 5.45. The summed E-state index contributed by atoms with van der Waals surface area (Å²) in [5, 5.41) is 8.79. The minimum absolute atomic E-state index is 0.592. The van der Waals surface area contributed by atoms with Crippen LogP contribution in [0, 0.1) is 0 Å². The Morgan fingerprint density at radius 1 is 0.839 bits per heavy atom. The minimum atomic E-state index is 0.592. The average molecular weight is 460 g/mol. The molecule has 0 fully saturated rings. The third-order valence-electron chi connectivity index (χ3n) is 5.33. The third-order valence-corrected chi connectivity index (χ3v) is 6.07. The maximum atomic E-state index is 6.07. The Bertz CT molecular complexity index is 925. The second kappa shape index (κ2) is 12.8. The molecule has 2 aromatic carbocycles. The predicted molar refractivity (Wildman–Crippen MR) is 129 cm³/mol. The fraction of sp³-hybridized carbons (Fsp3) is 0.440. The van der Waals surface area contributed by atoms with Gasteiger partial charge in [0.25, 0.3) is 5.89 Å². The van der Waals surface area contributed by atoms with Gasteiger partial charge in [0.2, 0.25) is 0 Å². The molecule has 0 amide bonds. The lowest BCUT2D eigenvalue weighted by atomic mass is 10.1. The van der Waals surface area contributed by atoms with E-state index in [0.717, 1.165) is 43.7 Å². The highest BCUT2D eigenvalue weighted by Crippen LogP contribution is 2.23. The molecule has 0 saturated carbocycles. The van der Waals surface area contributed by atoms with Gasteiger partial charge < -0.3 is 9.84 Å². The summed E-state index contributed by atoms with van der Waals surface area (Å²) in [5.74, 6) is 1.40. The highest BCUT2D eigenvalue weighted by molar-refractivity contribution is 6.42. The zero-order valence-corrected chi connectivity index (χ0v) is 19.7. The van der Waals surface area contributed by atoms with E-state index in [1.807, 2.05) is 30.3 Å². The SMILES string of the molecule is CCCCCCCCc1noc(-c2ccc(CNCCc3ccc(Cl)c(Cl)c3)cc2)n1. The van der Waals surface area contributed by atoms with Crippen molar-refractivity contribution in [3.8, 4) is 11.5 Å². The molecule has 3 aromatic rings. The molecule has 0 saturated heterocycles. The number of nitrogens with zero attached hydrogens (tertiary/aromatic N) is 2. The topological polar surface area (TPSA) is 51.0 Å². The fourth-order valence-corrected chi connectivity index (χ4v) is 3.78. The van der Waals surface area contributed by atoms with Crippen LogP contribution >= 0.6 is 23.2 Å². The van der Waals surface area contributed by atoms with Crippen molar-refractivity contribution >= 4 is 23.2 Å². The van der Waals surface area contributed by atoms with Crippen molar-refractivity contribution in [2.45, 2.75) is 64.8 Å². The Hall–Kier alpha value is -1.88. The molecule has 0 unspecified atom stereocenters. The first-order valence-corrected chi connectivity index (χ1v) is 12.0. The summed E-state index contributed by atoms with van der Waals surface area (Å²) in [7, 11) is 0. The number of hydrogen-bond donors (Lipinski definition) is 1. The second-order valence-corrected chi connectivity index (χ2v) is 8.72. The lowest BCUT2D eigenvalue weighted by Gasteiger charge is -2.06. The van der Waals surface area contributed by atoms with Gasteiger partial charge in [-0.05, 0) is 54.8 Å². The van der Waals surface area contributed by atoms with Gasteiger partial charge in [-0.25, -0.2) is 0 Å². The number of hydrogen-bond acceptors (Lipinski definition) is 4. The van der Waals surface area contributed by atoms with Crippen LogP contribution in [0.3, 0.4) is 0 Å². The smallest absolute Gasteiger partial charge is 0.257 e. The van der Waals surface area contributed by atoms with Crippen LogP contribution in [0.1, 0.15) is 62.4 Å². The lowest BCUT2D eigenvalue weighted by Crippen LogP contribution is -2.16. The molecule has 31 heavy (non-hydrogen) atoms. The van der Waals surface area contributed by atoms with E-state index >= 15 is 0 Å². The largest absolute Gasteiger partial charge is 0.334 e. The van der Waals surface area contributed by atoms with Crippen LogP contribution in [-0.2, 0) is 19.4 Å². The van der Waals surface area contributed by atoms with Gasteiger partial charge in [0.05, 0.1) is 10.0 Å². The van der Waals surface area contributed by atoms with Crippen molar-refractivity contribution in [2.75, 3.05) is 6.54 Å². The number of aromatic nitrogens is 2. The van der Waals surface area contributed by atoms with E-state index in [4.69, 9.17) is 27.7 Å². The monoisotopic (exact) mass is 459 g/mol. The molecule has 1 aromatic heterocycles. The van der Waals surface area contributed by atoms with Crippen molar-refractivity contribution in [3.05, 3.63) is 69.5 Å². The van der Waals surface area contributed by atoms with Crippen LogP contribution < -0.4 is 5.32 Å². The molecule has 1 N–H and O–H groups in total. The Kier molecular flexibility index (Phi) is 9.85. The van der Waals surface area contributed by atoms with Crippen LogP contribution in [0.4, 0.5) is 0 Å². The molecular formula is C25H31Cl2N3O. The maximum absolute atomic E-state index is 6.07. The number of unbranched alkanes of at least 4 members (excludes halogenated alkanes) is 5. The zero-order chi connectivity index (χ0) is 21.9. The van der Waals surface area contributed by atoms with Gasteiger partial charge in [0.1, 0.15) is 0 Å². The molecule has 0 atom stereocenters. The summed E-state index contributed by atoms with van der Waals surface area (Å²) in [6.07, 6.45) is 9.37. The van der Waals surface area contributed by atoms with E-state index in [1.54, 1.807) is 0 Å². The van der Waals surface area contributed by atoms with E-state index in [9.17, 15) is 0 Å². The molecule has 1 heterocycles. The Morgan fingerprint density at radius 3 is 2.35 bits per heavy atom. The van der Waals surface area contributed by atoms with Gasteiger partial charge >= 0.3 is 0 Å². The Balaban J connectivity index is 1.39. The molecule has 4 nitrogen and oxygen atoms in total. The molecule has 0 aliphatic rings. The first-order valence-electron chi connectivity index (χ1n) is 11.2. The van der Waals surface area contributed by atoms with Crippen LogP contribution in [0.15, 0.2) is 47.0 Å². The van der Waals surface area contributed by atoms with Crippen molar-refractivity contribution in [3.63, 3.8) is 0 Å². The first-order chi connectivity index (χ1) is 15.2. The number of aryl methyl sites for hydroxylation is 1. The van der Waals surface area contributed by atoms with Crippen LogP contribution in [0.25, 0.3) is 11.5 Å². The highest BCUT2D eigenvalue weighted by Gasteiger charge is 2.09. The van der Waals surface area contributed by atoms with Crippen molar-refractivity contribution in [1.82, 2.24) is 15.5 Å². The second-order valence-electron chi connectivity index (χ2n) is 7.91. The van der Waals surface area contributed by atoms with E-state index in [2.05, 4.69) is 34.5 Å². The molecule has 6 heteroatoms. The molecule has 0 aliphatic carbocycles. The summed E-state index contributed by atoms with van der Waals surface area (Å²) in [5.41, 5.74) is 3.34. The van der Waals surface area contributed by atoms with E-state index in [0.29, 0.717) is 15.9 Å². The highest BCUT2D eigenvalue weighted by atomic mass is 35.5. The summed E-state index contributed by atoms with van der Waals surface area (Å²) in [6.45, 7) is 3.91. The van der Waals surface area contributed by atoms with Gasteiger partial charge in [-0.15, -0.1) is 0 Å². The molecular weight excluding hydrogens is 429 g/mol. The van der Waals surface area contributed by atoms with Crippen LogP contribution in [0.5, 0.6) is 0 Å². The van der Waals surface area contributed by atoms with Crippen LogP contribution in [-0.4, -0.2) is 16.7 Å². The summed E-state index contributed by atoms with van der Waals surface area (Å²) in [6, 6.07) is 14.0. The quantitative estimate of drug-likeness (QED) is 0.272. The van der Waals surface area contributed by atoms with E-state index < -0.39 is 0 Å². The van der Waals surface area contributed by atoms with Gasteiger partial charge in [0.15, 0.2) is 5.82 Å². The van der Waals surface area contributed by atoms with E-state index in [-0.39, 0.29) is 0 Å². The summed E-state index contributed by atoms with van der Waals surface area (Å²) >= 11 is 12.0. The van der Waals surface area contributed by atoms with Gasteiger partial charge in [-0.3, -0.25) is 0 Å². The third kappa shape index (κ3) is 7.95. The zero-order valence-electron chi connectivity index (χ0n) is 18.2. The molecule has 3 rings (SSSR count). The van der Waals surface area contributed by atoms with Crippen LogP contribution in [0.2, 0.25) is 10.0 Å². The number of benzene rings is 2. The van der Waals surface area contributed by atoms with Crippen molar-refractivity contribution in [2.24, 2.45) is 0 Å². The molecule has 166 valence electrons. The number of rotatable bonds is 13. The number of halogens is 2. The molecule has 0 radical (unpaired) electrons. The standard InChI is InChI=1S/C25H31Cl2N3O/c1-2-3-4-5-6-7-8-24-29-25(31-30-24)21-12-9-20(10-13-21)18-28-16-15-19-11-14-22(26)23(27)17-19/h9-14,17,28H,2-8,15-16,18H2,1H3. The maximum Gasteiger partial charge on any atom is 0.257 e. The van der Waals surface area contributed by atoms with Crippen molar-refractivity contribution in [1.29, 1.82) is 0 Å². The number of nitrogens with one attached hydrogen (secondary N) is 1. The van der Waals surface area contributed by atoms with Gasteiger partial charge in [-0.2, -0.15) is 4.98 Å². The van der Waals surface area contributed by atoms with Gasteiger partial charge in [-0.1, -0.05) is 85.6 Å². The normalized spacial score (nSPS) is 11.2. The summed E-state index contributed by atoms with van der Waals surface area (Å²) in [4.78, 5) is 4.55. The fourth-order valence-electron chi connectivity index (χ4n) is 3.46. The Morgan fingerprint density at radius 2 is 1.58 bits per heavy atom. The first kappa shape index (κ1) is 23.8. The van der Waals surface area contributed by atoms with E-state index in [1.165, 1.54) is 43.2 Å². The average Bonchev–Trinajstić information content (AvgIpc) is 3.25. The Labute approximate surface area is 195 Å². The lowest BCUT2D eigenvalue weighted by molar-refractivity contribution is 0.421. The van der Waals surface area contributed by atoms with Gasteiger partial charge in [0, 0.05) is 18.5 Å².